The average Bonchev–Trinajstić information content (AvgIpc) is 3.58. The van der Waals surface area contributed by atoms with Crippen LogP contribution in [-0.2, 0) is 26.5 Å². The maximum absolute atomic E-state index is 15.1. The predicted molar refractivity (Wildman–Crippen MR) is 152 cm³/mol. The zero-order valence-electron chi connectivity index (χ0n) is 22.6. The standard InChI is InChI=1S/C31H27F2N3O5S/c1-42(39,40)29-21-10-13-34-25(21)16-24(33)28(29)41-20-7-8-23(32)22(15-20)30-35-17-26(36-30)31(11-3-12-31)19-5-2-4-18(14-19)6-9-27(37)38/h2,4-5,7-8,10,13-17,34H,3,6,9,11-12H2,1H3,(H,35,36)(H,37,38). The summed E-state index contributed by atoms with van der Waals surface area (Å²) < 4.78 is 61.2. The molecule has 0 amide bonds. The first-order chi connectivity index (χ1) is 20.0. The fourth-order valence-corrected chi connectivity index (χ4v) is 6.73. The van der Waals surface area contributed by atoms with Gasteiger partial charge in [0, 0.05) is 53.1 Å². The van der Waals surface area contributed by atoms with Gasteiger partial charge in [-0.05, 0) is 54.7 Å². The summed E-state index contributed by atoms with van der Waals surface area (Å²) in [6.45, 7) is 0. The molecule has 3 N–H and O–H groups in total. The molecule has 2 aromatic heterocycles. The van der Waals surface area contributed by atoms with E-state index < -0.39 is 33.2 Å². The van der Waals surface area contributed by atoms with Gasteiger partial charge in [-0.25, -0.2) is 22.2 Å². The SMILES string of the molecule is CS(=O)(=O)c1c(Oc2ccc(F)c(-c3ncc(C4(c5cccc(CCC(=O)O)c5)CCC4)[nH]3)c2)c(F)cc2[nH]ccc12. The molecule has 1 saturated carbocycles. The number of H-pyrrole nitrogens is 2. The van der Waals surface area contributed by atoms with Crippen molar-refractivity contribution in [3.8, 4) is 22.9 Å². The number of hydrogen-bond acceptors (Lipinski definition) is 5. The van der Waals surface area contributed by atoms with Crippen LogP contribution in [0.2, 0.25) is 0 Å². The van der Waals surface area contributed by atoms with Crippen LogP contribution >= 0.6 is 0 Å². The number of carboxylic acids is 1. The Balaban J connectivity index is 1.34. The second kappa shape index (κ2) is 10.4. The van der Waals surface area contributed by atoms with Crippen LogP contribution in [0.15, 0.2) is 71.9 Å². The van der Waals surface area contributed by atoms with Gasteiger partial charge in [0.15, 0.2) is 21.4 Å². The van der Waals surface area contributed by atoms with Crippen LogP contribution in [0.3, 0.4) is 0 Å². The minimum atomic E-state index is -3.90. The lowest BCUT2D eigenvalue weighted by Gasteiger charge is -2.42. The Morgan fingerprint density at radius 1 is 1.10 bits per heavy atom. The van der Waals surface area contributed by atoms with Gasteiger partial charge in [0.1, 0.15) is 22.3 Å². The number of rotatable bonds is 9. The summed E-state index contributed by atoms with van der Waals surface area (Å²) in [5.74, 6) is -2.52. The topological polar surface area (TPSA) is 125 Å². The van der Waals surface area contributed by atoms with Crippen molar-refractivity contribution in [3.63, 3.8) is 0 Å². The molecule has 0 aliphatic heterocycles. The van der Waals surface area contributed by atoms with Crippen LogP contribution in [0.1, 0.15) is 42.5 Å². The third-order valence-electron chi connectivity index (χ3n) is 7.91. The number of benzene rings is 3. The minimum absolute atomic E-state index is 0.0347. The molecule has 0 atom stereocenters. The fourth-order valence-electron chi connectivity index (χ4n) is 5.67. The number of halogens is 2. The number of fused-ring (bicyclic) bond motifs is 1. The molecule has 1 fully saturated rings. The zero-order chi connectivity index (χ0) is 29.6. The Kier molecular flexibility index (Phi) is 6.84. The molecule has 2 heterocycles. The van der Waals surface area contributed by atoms with Crippen LogP contribution in [0.5, 0.6) is 11.5 Å². The van der Waals surface area contributed by atoms with Crippen molar-refractivity contribution >= 4 is 26.7 Å². The van der Waals surface area contributed by atoms with E-state index in [0.29, 0.717) is 11.9 Å². The van der Waals surface area contributed by atoms with Crippen LogP contribution < -0.4 is 4.74 Å². The summed E-state index contributed by atoms with van der Waals surface area (Å²) >= 11 is 0. The Morgan fingerprint density at radius 2 is 1.90 bits per heavy atom. The molecular weight excluding hydrogens is 564 g/mol. The van der Waals surface area contributed by atoms with Gasteiger partial charge in [-0.2, -0.15) is 0 Å². The lowest BCUT2D eigenvalue weighted by molar-refractivity contribution is -0.136. The maximum Gasteiger partial charge on any atom is 0.303 e. The first kappa shape index (κ1) is 27.6. The van der Waals surface area contributed by atoms with Crippen LogP contribution in [0.4, 0.5) is 8.78 Å². The molecule has 0 spiro atoms. The number of ether oxygens (including phenoxy) is 1. The molecule has 0 unspecified atom stereocenters. The van der Waals surface area contributed by atoms with Gasteiger partial charge in [0.05, 0.1) is 5.56 Å². The highest BCUT2D eigenvalue weighted by atomic mass is 32.2. The van der Waals surface area contributed by atoms with Crippen LogP contribution in [0.25, 0.3) is 22.3 Å². The van der Waals surface area contributed by atoms with Crippen molar-refractivity contribution < 1.29 is 31.8 Å². The molecule has 5 aromatic rings. The van der Waals surface area contributed by atoms with Crippen molar-refractivity contribution in [2.75, 3.05) is 6.26 Å². The molecule has 0 bridgehead atoms. The van der Waals surface area contributed by atoms with Crippen molar-refractivity contribution in [3.05, 3.63) is 95.4 Å². The number of carbonyl (C=O) groups is 1. The van der Waals surface area contributed by atoms with Crippen molar-refractivity contribution in [2.45, 2.75) is 42.4 Å². The number of carboxylic acid groups (broad SMARTS) is 1. The van der Waals surface area contributed by atoms with Crippen molar-refractivity contribution in [1.82, 2.24) is 15.0 Å². The molecule has 216 valence electrons. The van der Waals surface area contributed by atoms with Crippen LogP contribution in [0, 0.1) is 11.6 Å². The van der Waals surface area contributed by atoms with Gasteiger partial charge in [0.25, 0.3) is 0 Å². The molecule has 0 radical (unpaired) electrons. The number of imidazole rings is 1. The van der Waals surface area contributed by atoms with Crippen molar-refractivity contribution in [2.24, 2.45) is 0 Å². The van der Waals surface area contributed by atoms with E-state index in [1.54, 1.807) is 6.20 Å². The highest BCUT2D eigenvalue weighted by Crippen LogP contribution is 2.49. The summed E-state index contributed by atoms with van der Waals surface area (Å²) in [5, 5.41) is 9.35. The summed E-state index contributed by atoms with van der Waals surface area (Å²) in [7, 11) is -3.90. The lowest BCUT2D eigenvalue weighted by atomic mass is 9.62. The minimum Gasteiger partial charge on any atom is -0.481 e. The smallest absolute Gasteiger partial charge is 0.303 e. The van der Waals surface area contributed by atoms with Gasteiger partial charge < -0.3 is 19.8 Å². The second-order valence-electron chi connectivity index (χ2n) is 10.6. The van der Waals surface area contributed by atoms with Gasteiger partial charge in [-0.15, -0.1) is 0 Å². The number of nitrogens with one attached hydrogen (secondary N) is 2. The van der Waals surface area contributed by atoms with E-state index in [1.807, 2.05) is 24.3 Å². The first-order valence-corrected chi connectivity index (χ1v) is 15.3. The van der Waals surface area contributed by atoms with Gasteiger partial charge in [-0.3, -0.25) is 4.79 Å². The molecule has 3 aromatic carbocycles. The van der Waals surface area contributed by atoms with E-state index in [-0.39, 0.29) is 39.3 Å². The Bertz CT molecular complexity index is 1940. The number of hydrogen-bond donors (Lipinski definition) is 3. The van der Waals surface area contributed by atoms with Crippen molar-refractivity contribution in [1.29, 1.82) is 0 Å². The average molecular weight is 592 g/mol. The monoisotopic (exact) mass is 591 g/mol. The maximum atomic E-state index is 15.1. The molecule has 6 rings (SSSR count). The van der Waals surface area contributed by atoms with Gasteiger partial charge >= 0.3 is 5.97 Å². The lowest BCUT2D eigenvalue weighted by Crippen LogP contribution is -2.36. The number of nitrogens with zero attached hydrogens (tertiary/aromatic N) is 1. The summed E-state index contributed by atoms with van der Waals surface area (Å²) in [5.41, 5.74) is 2.78. The molecular formula is C31H27F2N3O5S. The Hall–Kier alpha value is -4.51. The fraction of sp³-hybridized carbons (Fsp3) is 0.226. The summed E-state index contributed by atoms with van der Waals surface area (Å²) in [6.07, 6.45) is 7.29. The highest BCUT2D eigenvalue weighted by molar-refractivity contribution is 7.91. The summed E-state index contributed by atoms with van der Waals surface area (Å²) in [6, 6.07) is 14.3. The van der Waals surface area contributed by atoms with Gasteiger partial charge in [0.2, 0.25) is 0 Å². The number of aromatic nitrogens is 3. The number of aryl methyl sites for hydroxylation is 1. The predicted octanol–water partition coefficient (Wildman–Crippen LogP) is 6.52. The van der Waals surface area contributed by atoms with E-state index >= 15 is 8.78 Å². The largest absolute Gasteiger partial charge is 0.481 e. The Labute approximate surface area is 240 Å². The summed E-state index contributed by atoms with van der Waals surface area (Å²) in [4.78, 5) is 21.3. The van der Waals surface area contributed by atoms with Gasteiger partial charge in [-0.1, -0.05) is 30.7 Å². The van der Waals surface area contributed by atoms with E-state index in [0.717, 1.165) is 54.5 Å². The number of sulfone groups is 1. The van der Waals surface area contributed by atoms with Crippen LogP contribution in [-0.4, -0.2) is 40.7 Å². The van der Waals surface area contributed by atoms with E-state index in [4.69, 9.17) is 9.84 Å². The molecule has 42 heavy (non-hydrogen) atoms. The normalized spacial score (nSPS) is 14.5. The Morgan fingerprint density at radius 3 is 2.62 bits per heavy atom. The molecule has 1 aliphatic carbocycles. The molecule has 8 nitrogen and oxygen atoms in total. The molecule has 0 saturated heterocycles. The van der Waals surface area contributed by atoms with E-state index in [2.05, 4.69) is 15.0 Å². The number of aromatic amines is 2. The second-order valence-corrected chi connectivity index (χ2v) is 12.6. The molecule has 1 aliphatic rings. The van der Waals surface area contributed by atoms with E-state index in [9.17, 15) is 13.2 Å². The molecule has 11 heteroatoms. The highest BCUT2D eigenvalue weighted by Gasteiger charge is 2.42. The first-order valence-electron chi connectivity index (χ1n) is 13.4. The zero-order valence-corrected chi connectivity index (χ0v) is 23.4. The quantitative estimate of drug-likeness (QED) is 0.179. The number of aliphatic carboxylic acids is 1. The van der Waals surface area contributed by atoms with E-state index in [1.165, 1.54) is 24.4 Å². The third-order valence-corrected chi connectivity index (χ3v) is 9.05. The third kappa shape index (κ3) is 4.94.